The topological polar surface area (TPSA) is 33.0 Å². The third kappa shape index (κ3) is 4.59. The van der Waals surface area contributed by atoms with Crippen LogP contribution in [-0.2, 0) is 0 Å². The SMILES string of the molecule is CC(CCS)CCOc1ccc(C#N)cc1. The van der Waals surface area contributed by atoms with Gasteiger partial charge in [-0.3, -0.25) is 0 Å². The van der Waals surface area contributed by atoms with E-state index in [-0.39, 0.29) is 0 Å². The molecule has 0 aromatic heterocycles. The van der Waals surface area contributed by atoms with Gasteiger partial charge in [0, 0.05) is 0 Å². The molecule has 0 fully saturated rings. The van der Waals surface area contributed by atoms with Gasteiger partial charge in [-0.2, -0.15) is 17.9 Å². The predicted octanol–water partition coefficient (Wildman–Crippen LogP) is 3.28. The molecule has 16 heavy (non-hydrogen) atoms. The van der Waals surface area contributed by atoms with Gasteiger partial charge in [-0.15, -0.1) is 0 Å². The lowest BCUT2D eigenvalue weighted by Gasteiger charge is -2.10. The summed E-state index contributed by atoms with van der Waals surface area (Å²) in [4.78, 5) is 0. The van der Waals surface area contributed by atoms with E-state index in [2.05, 4.69) is 25.6 Å². The minimum absolute atomic E-state index is 0.649. The van der Waals surface area contributed by atoms with Gasteiger partial charge in [0.05, 0.1) is 18.2 Å². The minimum atomic E-state index is 0.649. The first-order valence-corrected chi connectivity index (χ1v) is 6.13. The maximum atomic E-state index is 8.64. The van der Waals surface area contributed by atoms with Crippen LogP contribution in [0.5, 0.6) is 5.75 Å². The second-order valence-corrected chi connectivity index (χ2v) is 4.34. The number of hydrogen-bond acceptors (Lipinski definition) is 3. The summed E-state index contributed by atoms with van der Waals surface area (Å²) < 4.78 is 5.59. The quantitative estimate of drug-likeness (QED) is 0.768. The van der Waals surface area contributed by atoms with Gasteiger partial charge >= 0.3 is 0 Å². The Morgan fingerprint density at radius 3 is 2.56 bits per heavy atom. The zero-order valence-corrected chi connectivity index (χ0v) is 10.4. The van der Waals surface area contributed by atoms with E-state index in [1.807, 2.05) is 12.1 Å². The first kappa shape index (κ1) is 12.9. The van der Waals surface area contributed by atoms with Crippen LogP contribution in [0.3, 0.4) is 0 Å². The van der Waals surface area contributed by atoms with Gasteiger partial charge in [0.2, 0.25) is 0 Å². The maximum Gasteiger partial charge on any atom is 0.119 e. The molecule has 1 unspecified atom stereocenters. The number of rotatable bonds is 6. The molecule has 1 aromatic carbocycles. The maximum absolute atomic E-state index is 8.64. The molecule has 0 amide bonds. The summed E-state index contributed by atoms with van der Waals surface area (Å²) in [7, 11) is 0. The van der Waals surface area contributed by atoms with Gasteiger partial charge in [0.1, 0.15) is 5.75 Å². The Morgan fingerprint density at radius 2 is 2.00 bits per heavy atom. The van der Waals surface area contributed by atoms with Gasteiger partial charge < -0.3 is 4.74 Å². The van der Waals surface area contributed by atoms with Crippen LogP contribution in [0.4, 0.5) is 0 Å². The highest BCUT2D eigenvalue weighted by Gasteiger charge is 2.01. The lowest BCUT2D eigenvalue weighted by Crippen LogP contribution is -2.04. The van der Waals surface area contributed by atoms with Gasteiger partial charge in [-0.05, 0) is 48.8 Å². The van der Waals surface area contributed by atoms with Crippen molar-refractivity contribution >= 4 is 12.6 Å². The molecule has 0 radical (unpaired) electrons. The van der Waals surface area contributed by atoms with Crippen LogP contribution in [0.25, 0.3) is 0 Å². The van der Waals surface area contributed by atoms with E-state index < -0.39 is 0 Å². The van der Waals surface area contributed by atoms with Crippen molar-refractivity contribution in [3.8, 4) is 11.8 Å². The number of nitriles is 1. The Bertz CT molecular complexity index is 342. The van der Waals surface area contributed by atoms with Gasteiger partial charge in [0.15, 0.2) is 0 Å². The molecular formula is C13H17NOS. The van der Waals surface area contributed by atoms with Crippen molar-refractivity contribution in [2.45, 2.75) is 19.8 Å². The molecule has 0 saturated carbocycles. The van der Waals surface area contributed by atoms with E-state index in [9.17, 15) is 0 Å². The Hall–Kier alpha value is -1.14. The van der Waals surface area contributed by atoms with Crippen LogP contribution in [0.15, 0.2) is 24.3 Å². The largest absolute Gasteiger partial charge is 0.494 e. The summed E-state index contributed by atoms with van der Waals surface area (Å²) in [5, 5.41) is 8.64. The number of nitrogens with zero attached hydrogens (tertiary/aromatic N) is 1. The molecule has 1 atom stereocenters. The highest BCUT2D eigenvalue weighted by molar-refractivity contribution is 7.80. The van der Waals surface area contributed by atoms with Crippen LogP contribution in [0, 0.1) is 17.2 Å². The molecule has 0 aliphatic carbocycles. The first-order chi connectivity index (χ1) is 7.76. The van der Waals surface area contributed by atoms with Crippen LogP contribution < -0.4 is 4.74 Å². The normalized spacial score (nSPS) is 11.8. The summed E-state index contributed by atoms with van der Waals surface area (Å²) >= 11 is 4.20. The van der Waals surface area contributed by atoms with Crippen molar-refractivity contribution in [2.24, 2.45) is 5.92 Å². The number of thiol groups is 1. The molecule has 0 saturated heterocycles. The Labute approximate surface area is 103 Å². The highest BCUT2D eigenvalue weighted by atomic mass is 32.1. The summed E-state index contributed by atoms with van der Waals surface area (Å²) in [6, 6.07) is 9.29. The van der Waals surface area contributed by atoms with Crippen molar-refractivity contribution in [1.82, 2.24) is 0 Å². The standard InChI is InChI=1S/C13H17NOS/c1-11(7-9-16)6-8-15-13-4-2-12(10-14)3-5-13/h2-5,11,16H,6-9H2,1H3. The fourth-order valence-corrected chi connectivity index (χ4v) is 1.81. The molecule has 0 spiro atoms. The van der Waals surface area contributed by atoms with Crippen molar-refractivity contribution in [1.29, 1.82) is 5.26 Å². The van der Waals surface area contributed by atoms with Crippen LogP contribution in [0.2, 0.25) is 0 Å². The average Bonchev–Trinajstić information content (AvgIpc) is 2.30. The van der Waals surface area contributed by atoms with Crippen LogP contribution in [0.1, 0.15) is 25.3 Å². The smallest absolute Gasteiger partial charge is 0.119 e. The predicted molar refractivity (Wildman–Crippen MR) is 68.9 cm³/mol. The molecule has 0 bridgehead atoms. The first-order valence-electron chi connectivity index (χ1n) is 5.50. The van der Waals surface area contributed by atoms with E-state index in [1.165, 1.54) is 0 Å². The summed E-state index contributed by atoms with van der Waals surface area (Å²) in [5.74, 6) is 2.41. The Morgan fingerprint density at radius 1 is 1.31 bits per heavy atom. The van der Waals surface area contributed by atoms with Crippen molar-refractivity contribution in [3.05, 3.63) is 29.8 Å². The van der Waals surface area contributed by atoms with Crippen LogP contribution in [-0.4, -0.2) is 12.4 Å². The Balaban J connectivity index is 2.29. The lowest BCUT2D eigenvalue weighted by atomic mass is 10.1. The second-order valence-electron chi connectivity index (χ2n) is 3.89. The third-order valence-electron chi connectivity index (χ3n) is 2.48. The average molecular weight is 235 g/mol. The van der Waals surface area contributed by atoms with E-state index in [1.54, 1.807) is 12.1 Å². The van der Waals surface area contributed by atoms with Crippen molar-refractivity contribution in [2.75, 3.05) is 12.4 Å². The van der Waals surface area contributed by atoms with Gasteiger partial charge in [-0.25, -0.2) is 0 Å². The molecule has 0 aliphatic rings. The molecule has 0 heterocycles. The van der Waals surface area contributed by atoms with Gasteiger partial charge in [0.25, 0.3) is 0 Å². The zero-order chi connectivity index (χ0) is 11.8. The van der Waals surface area contributed by atoms with E-state index in [4.69, 9.17) is 10.00 Å². The third-order valence-corrected chi connectivity index (χ3v) is 2.74. The summed E-state index contributed by atoms with van der Waals surface area (Å²) in [6.45, 7) is 2.93. The molecular weight excluding hydrogens is 218 g/mol. The highest BCUT2D eigenvalue weighted by Crippen LogP contribution is 2.14. The van der Waals surface area contributed by atoms with Crippen LogP contribution >= 0.6 is 12.6 Å². The summed E-state index contributed by atoms with van der Waals surface area (Å²) in [5.41, 5.74) is 0.663. The van der Waals surface area contributed by atoms with E-state index in [0.717, 1.165) is 31.0 Å². The molecule has 0 aliphatic heterocycles. The number of ether oxygens (including phenoxy) is 1. The number of hydrogen-bond donors (Lipinski definition) is 1. The van der Waals surface area contributed by atoms with Gasteiger partial charge in [-0.1, -0.05) is 6.92 Å². The zero-order valence-electron chi connectivity index (χ0n) is 9.52. The molecule has 1 rings (SSSR count). The van der Waals surface area contributed by atoms with Crippen molar-refractivity contribution < 1.29 is 4.74 Å². The van der Waals surface area contributed by atoms with E-state index in [0.29, 0.717) is 11.5 Å². The molecule has 1 aromatic rings. The fraction of sp³-hybridized carbons (Fsp3) is 0.462. The molecule has 3 heteroatoms. The summed E-state index contributed by atoms with van der Waals surface area (Å²) in [6.07, 6.45) is 2.17. The number of benzene rings is 1. The van der Waals surface area contributed by atoms with Crippen molar-refractivity contribution in [3.63, 3.8) is 0 Å². The Kier molecular flexibility index (Phi) is 5.81. The molecule has 0 N–H and O–H groups in total. The monoisotopic (exact) mass is 235 g/mol. The molecule has 2 nitrogen and oxygen atoms in total. The van der Waals surface area contributed by atoms with E-state index >= 15 is 0 Å². The lowest BCUT2D eigenvalue weighted by molar-refractivity contribution is 0.282. The molecule has 86 valence electrons. The minimum Gasteiger partial charge on any atom is -0.494 e. The fourth-order valence-electron chi connectivity index (χ4n) is 1.37. The second kappa shape index (κ2) is 7.19.